The molecule has 0 saturated heterocycles. The van der Waals surface area contributed by atoms with Crippen molar-refractivity contribution in [2.75, 3.05) is 9.80 Å². The predicted octanol–water partition coefficient (Wildman–Crippen LogP) is 20.6. The number of halogens is 1. The molecule has 10 aromatic carbocycles. The first kappa shape index (κ1) is 53.1. The van der Waals surface area contributed by atoms with Gasteiger partial charge in [-0.1, -0.05) is 219 Å². The van der Waals surface area contributed by atoms with Crippen molar-refractivity contribution >= 4 is 105 Å². The van der Waals surface area contributed by atoms with Crippen LogP contribution in [0.15, 0.2) is 221 Å². The van der Waals surface area contributed by atoms with Gasteiger partial charge in [0, 0.05) is 50.0 Å². The molecule has 4 nitrogen and oxygen atoms in total. The molecule has 0 N–H and O–H groups in total. The standard InChI is InChI=1S/C75H71FN2O2Si2/c1-73(2,3)48-27-32-53(33-28-48)77(55-36-40-57(41-37-55)81(7,8)9)63-46-62-70(72-67(63)60-45-52(76)31-44-66(60)80-72)69-61(75(62,50-21-15-13-16-22-50)51-23-17-14-18-24-51)47-64(71-68(69)59-25-19-20-26-65(59)79-71)78(54-34-29-49(30-35-54)74(4,5)6)56-38-42-58(43-39-56)82(10,11)12/h13-47H,1-12H3. The number of anilines is 6. The van der Waals surface area contributed by atoms with Crippen molar-refractivity contribution in [1.82, 2.24) is 0 Å². The average Bonchev–Trinajstić information content (AvgIpc) is 1.75. The molecule has 0 aliphatic heterocycles. The van der Waals surface area contributed by atoms with E-state index in [-0.39, 0.29) is 16.6 Å². The minimum absolute atomic E-state index is 0.0475. The second kappa shape index (κ2) is 19.2. The molecule has 2 aromatic heterocycles. The highest BCUT2D eigenvalue weighted by Gasteiger charge is 2.50. The van der Waals surface area contributed by atoms with Gasteiger partial charge in [0.2, 0.25) is 0 Å². The molecule has 0 saturated carbocycles. The van der Waals surface area contributed by atoms with E-state index in [2.05, 4.69) is 285 Å². The van der Waals surface area contributed by atoms with Crippen LogP contribution in [-0.2, 0) is 16.2 Å². The summed E-state index contributed by atoms with van der Waals surface area (Å²) in [5.74, 6) is -0.327. The monoisotopic (exact) mass is 1110 g/mol. The maximum atomic E-state index is 16.2. The molecular formula is C75H71FN2O2Si2. The van der Waals surface area contributed by atoms with Crippen molar-refractivity contribution in [3.63, 3.8) is 0 Å². The zero-order chi connectivity index (χ0) is 57.3. The molecule has 2 heterocycles. The van der Waals surface area contributed by atoms with E-state index in [1.165, 1.54) is 27.6 Å². The molecule has 0 radical (unpaired) electrons. The van der Waals surface area contributed by atoms with E-state index < -0.39 is 21.6 Å². The number of fused-ring (bicyclic) bond motifs is 11. The summed E-state index contributed by atoms with van der Waals surface area (Å²) in [6.45, 7) is 28.0. The van der Waals surface area contributed by atoms with Crippen LogP contribution in [0.3, 0.4) is 0 Å². The van der Waals surface area contributed by atoms with Crippen LogP contribution in [0.1, 0.15) is 74.9 Å². The van der Waals surface area contributed by atoms with Gasteiger partial charge >= 0.3 is 0 Å². The second-order valence-electron chi connectivity index (χ2n) is 26.7. The van der Waals surface area contributed by atoms with Crippen LogP contribution in [0.5, 0.6) is 0 Å². The number of para-hydroxylation sites is 1. The molecule has 82 heavy (non-hydrogen) atoms. The van der Waals surface area contributed by atoms with E-state index in [1.54, 1.807) is 12.1 Å². The van der Waals surface area contributed by atoms with Gasteiger partial charge in [-0.25, -0.2) is 4.39 Å². The highest BCUT2D eigenvalue weighted by atomic mass is 28.3. The summed E-state index contributed by atoms with van der Waals surface area (Å²) in [6, 6.07) is 76.9. The summed E-state index contributed by atoms with van der Waals surface area (Å²) in [7, 11) is -3.37. The van der Waals surface area contributed by atoms with Gasteiger partial charge in [-0.3, -0.25) is 0 Å². The van der Waals surface area contributed by atoms with Crippen molar-refractivity contribution in [2.45, 2.75) is 97.1 Å². The van der Waals surface area contributed by atoms with Crippen LogP contribution in [-0.4, -0.2) is 16.1 Å². The first-order valence-electron chi connectivity index (χ1n) is 28.9. The second-order valence-corrected chi connectivity index (χ2v) is 36.9. The van der Waals surface area contributed by atoms with E-state index >= 15 is 4.39 Å². The van der Waals surface area contributed by atoms with Crippen molar-refractivity contribution in [3.8, 4) is 11.1 Å². The Kier molecular flexibility index (Phi) is 12.4. The van der Waals surface area contributed by atoms with Crippen molar-refractivity contribution < 1.29 is 13.2 Å². The Morgan fingerprint density at radius 1 is 0.390 bits per heavy atom. The number of hydrogen-bond donors (Lipinski definition) is 0. The van der Waals surface area contributed by atoms with Gasteiger partial charge in [0.05, 0.1) is 38.3 Å². The molecular weight excluding hydrogens is 1040 g/mol. The van der Waals surface area contributed by atoms with Gasteiger partial charge in [0.1, 0.15) is 22.6 Å². The molecule has 0 unspecified atom stereocenters. The molecule has 0 atom stereocenters. The Morgan fingerprint density at radius 3 is 1.29 bits per heavy atom. The summed E-state index contributed by atoms with van der Waals surface area (Å²) < 4.78 is 31.1. The Labute approximate surface area is 484 Å². The highest BCUT2D eigenvalue weighted by Crippen LogP contribution is 2.64. The maximum absolute atomic E-state index is 16.2. The first-order valence-corrected chi connectivity index (χ1v) is 35.9. The predicted molar refractivity (Wildman–Crippen MR) is 351 cm³/mol. The topological polar surface area (TPSA) is 32.8 Å². The summed E-state index contributed by atoms with van der Waals surface area (Å²) in [4.78, 5) is 4.79. The molecule has 0 bridgehead atoms. The van der Waals surface area contributed by atoms with Gasteiger partial charge < -0.3 is 18.6 Å². The number of benzene rings is 10. The van der Waals surface area contributed by atoms with E-state index in [1.807, 2.05) is 0 Å². The first-order chi connectivity index (χ1) is 39.1. The molecule has 12 aromatic rings. The van der Waals surface area contributed by atoms with Gasteiger partial charge in [-0.2, -0.15) is 0 Å². The number of hydrogen-bond acceptors (Lipinski definition) is 4. The third-order valence-corrected chi connectivity index (χ3v) is 21.4. The quantitative estimate of drug-likeness (QED) is 0.128. The number of rotatable bonds is 10. The molecule has 408 valence electrons. The lowest BCUT2D eigenvalue weighted by molar-refractivity contribution is 0.590. The van der Waals surface area contributed by atoms with Crippen LogP contribution in [0.4, 0.5) is 38.5 Å². The number of furan rings is 2. The Balaban J connectivity index is 1.22. The lowest BCUT2D eigenvalue weighted by Crippen LogP contribution is -2.37. The lowest BCUT2D eigenvalue weighted by Gasteiger charge is -2.36. The maximum Gasteiger partial charge on any atom is 0.160 e. The van der Waals surface area contributed by atoms with Crippen molar-refractivity contribution in [3.05, 3.63) is 252 Å². The fourth-order valence-electron chi connectivity index (χ4n) is 12.8. The molecule has 0 amide bonds. The summed E-state index contributed by atoms with van der Waals surface area (Å²) >= 11 is 0. The summed E-state index contributed by atoms with van der Waals surface area (Å²) in [6.07, 6.45) is 0. The molecule has 13 rings (SSSR count). The van der Waals surface area contributed by atoms with E-state index in [0.29, 0.717) is 16.6 Å². The zero-order valence-electron chi connectivity index (χ0n) is 49.3. The van der Waals surface area contributed by atoms with E-state index in [0.717, 1.165) is 94.8 Å². The molecule has 7 heteroatoms. The molecule has 1 aliphatic carbocycles. The number of nitrogens with zero attached hydrogens (tertiary/aromatic N) is 2. The van der Waals surface area contributed by atoms with Crippen molar-refractivity contribution in [1.29, 1.82) is 0 Å². The smallest absolute Gasteiger partial charge is 0.160 e. The fraction of sp³-hybridized carbons (Fsp3) is 0.200. The van der Waals surface area contributed by atoms with Crippen LogP contribution in [0.2, 0.25) is 39.3 Å². The van der Waals surface area contributed by atoms with Crippen LogP contribution in [0.25, 0.3) is 55.0 Å². The lowest BCUT2D eigenvalue weighted by atomic mass is 9.67. The van der Waals surface area contributed by atoms with Crippen LogP contribution in [0, 0.1) is 5.82 Å². The normalized spacial score (nSPS) is 13.5. The fourth-order valence-corrected chi connectivity index (χ4v) is 15.2. The van der Waals surface area contributed by atoms with Gasteiger partial charge in [-0.15, -0.1) is 0 Å². The minimum Gasteiger partial charge on any atom is -0.455 e. The highest BCUT2D eigenvalue weighted by molar-refractivity contribution is 6.89. The molecule has 0 spiro atoms. The largest absolute Gasteiger partial charge is 0.455 e. The van der Waals surface area contributed by atoms with E-state index in [4.69, 9.17) is 8.83 Å². The van der Waals surface area contributed by atoms with Gasteiger partial charge in [0.25, 0.3) is 0 Å². The van der Waals surface area contributed by atoms with Crippen molar-refractivity contribution in [2.24, 2.45) is 0 Å². The Hall–Kier alpha value is -8.24. The van der Waals surface area contributed by atoms with E-state index in [9.17, 15) is 0 Å². The van der Waals surface area contributed by atoms with Crippen LogP contribution >= 0.6 is 0 Å². The van der Waals surface area contributed by atoms with Crippen LogP contribution < -0.4 is 20.2 Å². The zero-order valence-corrected chi connectivity index (χ0v) is 51.3. The summed E-state index contributed by atoms with van der Waals surface area (Å²) in [5.41, 5.74) is 16.5. The average molecular weight is 1110 g/mol. The third-order valence-electron chi connectivity index (χ3n) is 17.2. The van der Waals surface area contributed by atoms with Gasteiger partial charge in [0.15, 0.2) is 5.58 Å². The summed E-state index contributed by atoms with van der Waals surface area (Å²) in [5, 5.41) is 6.29. The molecule has 1 aliphatic rings. The van der Waals surface area contributed by atoms with Gasteiger partial charge in [-0.05, 0) is 129 Å². The third kappa shape index (κ3) is 8.66. The minimum atomic E-state index is -1.70. The SMILES string of the molecule is CC(C)(C)c1ccc(N(c2ccc([Si](C)(C)C)cc2)c2cc3c(c4c2oc2ccccc24)-c2c(cc(N(c4ccc(C(C)(C)C)cc4)c4ccc([Si](C)(C)C)cc4)c4c2oc2ccc(F)cc24)C3(c2ccccc2)c2ccccc2)cc1. The Bertz CT molecular complexity index is 4250. The Morgan fingerprint density at radius 2 is 0.805 bits per heavy atom. The molecule has 0 fully saturated rings.